The van der Waals surface area contributed by atoms with Gasteiger partial charge in [0.2, 0.25) is 0 Å². The highest BCUT2D eigenvalue weighted by Crippen LogP contribution is 2.56. The monoisotopic (exact) mass is 802 g/mol. The molecule has 296 valence electrons. The number of anilines is 3. The SMILES string of the molecule is c1ccc(-c2ccc(N(c3cccc(C4(c5ccccc5)c5ccccc5-c5ccccc54)c3)c3ccc4c(c3)c3c(-c5ccccc5)cccc3n4-c3ccccc3)cc2)cc1. The lowest BCUT2D eigenvalue weighted by Crippen LogP contribution is -2.28. The van der Waals surface area contributed by atoms with E-state index in [1.54, 1.807) is 0 Å². The van der Waals surface area contributed by atoms with E-state index in [1.165, 1.54) is 77.4 Å². The van der Waals surface area contributed by atoms with Gasteiger partial charge in [-0.3, -0.25) is 0 Å². The summed E-state index contributed by atoms with van der Waals surface area (Å²) in [5.74, 6) is 0. The first-order valence-corrected chi connectivity index (χ1v) is 21.8. The van der Waals surface area contributed by atoms with Gasteiger partial charge < -0.3 is 9.47 Å². The maximum atomic E-state index is 2.44. The maximum Gasteiger partial charge on any atom is 0.0714 e. The average Bonchev–Trinajstić information content (AvgIpc) is 3.86. The molecule has 11 aromatic rings. The summed E-state index contributed by atoms with van der Waals surface area (Å²) in [6.45, 7) is 0. The number of rotatable bonds is 8. The summed E-state index contributed by atoms with van der Waals surface area (Å²) in [6.07, 6.45) is 0. The van der Waals surface area contributed by atoms with E-state index in [2.05, 4.69) is 264 Å². The lowest BCUT2D eigenvalue weighted by Gasteiger charge is -2.35. The number of fused-ring (bicyclic) bond motifs is 6. The molecule has 1 aliphatic rings. The number of para-hydroxylation sites is 1. The molecule has 0 saturated carbocycles. The summed E-state index contributed by atoms with van der Waals surface area (Å²) < 4.78 is 2.42. The Hall–Kier alpha value is -8.20. The third kappa shape index (κ3) is 5.87. The summed E-state index contributed by atoms with van der Waals surface area (Å²) >= 11 is 0. The topological polar surface area (TPSA) is 8.17 Å². The summed E-state index contributed by atoms with van der Waals surface area (Å²) in [7, 11) is 0. The van der Waals surface area contributed by atoms with E-state index < -0.39 is 5.41 Å². The van der Waals surface area contributed by atoms with E-state index in [4.69, 9.17) is 0 Å². The van der Waals surface area contributed by atoms with E-state index in [9.17, 15) is 0 Å². The predicted molar refractivity (Wildman–Crippen MR) is 264 cm³/mol. The molecule has 0 N–H and O–H groups in total. The van der Waals surface area contributed by atoms with E-state index in [0.717, 1.165) is 22.7 Å². The van der Waals surface area contributed by atoms with Crippen LogP contribution in [0.5, 0.6) is 0 Å². The van der Waals surface area contributed by atoms with Gasteiger partial charge in [-0.2, -0.15) is 0 Å². The molecule has 0 unspecified atom stereocenters. The van der Waals surface area contributed by atoms with Crippen LogP contribution >= 0.6 is 0 Å². The zero-order chi connectivity index (χ0) is 41.7. The van der Waals surface area contributed by atoms with E-state index in [-0.39, 0.29) is 0 Å². The van der Waals surface area contributed by atoms with E-state index >= 15 is 0 Å². The minimum atomic E-state index is -0.523. The Kier molecular flexibility index (Phi) is 8.76. The van der Waals surface area contributed by atoms with Gasteiger partial charge >= 0.3 is 0 Å². The van der Waals surface area contributed by atoms with Crippen LogP contribution in [-0.2, 0) is 5.41 Å². The zero-order valence-corrected chi connectivity index (χ0v) is 34.6. The van der Waals surface area contributed by atoms with E-state index in [0.29, 0.717) is 0 Å². The van der Waals surface area contributed by atoms with Crippen LogP contribution in [0.25, 0.3) is 60.9 Å². The molecule has 0 spiro atoms. The van der Waals surface area contributed by atoms with Crippen LogP contribution in [0, 0.1) is 0 Å². The van der Waals surface area contributed by atoms with Crippen molar-refractivity contribution in [2.75, 3.05) is 4.90 Å². The summed E-state index contributed by atoms with van der Waals surface area (Å²) in [6, 6.07) is 93.3. The molecule has 0 aliphatic heterocycles. The number of benzene rings is 10. The smallest absolute Gasteiger partial charge is 0.0714 e. The lowest BCUT2D eigenvalue weighted by atomic mass is 9.67. The van der Waals surface area contributed by atoms with Gasteiger partial charge in [-0.1, -0.05) is 194 Å². The maximum absolute atomic E-state index is 2.44. The molecule has 12 rings (SSSR count). The van der Waals surface area contributed by atoms with Crippen LogP contribution in [0.2, 0.25) is 0 Å². The molecule has 63 heavy (non-hydrogen) atoms. The van der Waals surface area contributed by atoms with Crippen LogP contribution < -0.4 is 4.90 Å². The van der Waals surface area contributed by atoms with Crippen molar-refractivity contribution in [3.63, 3.8) is 0 Å². The highest BCUT2D eigenvalue weighted by Gasteiger charge is 2.46. The van der Waals surface area contributed by atoms with Crippen LogP contribution in [0.3, 0.4) is 0 Å². The van der Waals surface area contributed by atoms with Crippen molar-refractivity contribution >= 4 is 38.9 Å². The minimum absolute atomic E-state index is 0.523. The Labute approximate surface area is 368 Å². The Balaban J connectivity index is 1.12. The highest BCUT2D eigenvalue weighted by atomic mass is 15.1. The van der Waals surface area contributed by atoms with Gasteiger partial charge in [0.05, 0.1) is 16.4 Å². The van der Waals surface area contributed by atoms with Gasteiger partial charge in [0.25, 0.3) is 0 Å². The second kappa shape index (κ2) is 15.1. The Morgan fingerprint density at radius 1 is 0.317 bits per heavy atom. The van der Waals surface area contributed by atoms with E-state index in [1.807, 2.05) is 0 Å². The molecule has 10 aromatic carbocycles. The van der Waals surface area contributed by atoms with Crippen molar-refractivity contribution in [1.82, 2.24) is 4.57 Å². The Morgan fingerprint density at radius 2 is 0.825 bits per heavy atom. The molecule has 0 atom stereocenters. The first-order chi connectivity index (χ1) is 31.3. The van der Waals surface area contributed by atoms with Gasteiger partial charge in [0.1, 0.15) is 0 Å². The first-order valence-electron chi connectivity index (χ1n) is 21.8. The molecule has 1 heterocycles. The van der Waals surface area contributed by atoms with Gasteiger partial charge in [-0.25, -0.2) is 0 Å². The fraction of sp³-hybridized carbons (Fsp3) is 0.0164. The van der Waals surface area contributed by atoms with Crippen LogP contribution in [0.1, 0.15) is 22.3 Å². The molecule has 1 aliphatic carbocycles. The fourth-order valence-electron chi connectivity index (χ4n) is 10.4. The van der Waals surface area contributed by atoms with Crippen LogP contribution in [0.4, 0.5) is 17.1 Å². The summed E-state index contributed by atoms with van der Waals surface area (Å²) in [5, 5.41) is 2.44. The van der Waals surface area contributed by atoms with Crippen LogP contribution in [0.15, 0.2) is 255 Å². The van der Waals surface area contributed by atoms with Crippen molar-refractivity contribution in [2.24, 2.45) is 0 Å². The number of hydrogen-bond acceptors (Lipinski definition) is 1. The molecular weight excluding hydrogens is 761 g/mol. The molecule has 1 aromatic heterocycles. The average molecular weight is 803 g/mol. The van der Waals surface area contributed by atoms with Gasteiger partial charge in [0, 0.05) is 33.5 Å². The predicted octanol–water partition coefficient (Wildman–Crippen LogP) is 16.0. The zero-order valence-electron chi connectivity index (χ0n) is 34.6. The molecule has 0 fully saturated rings. The second-order valence-electron chi connectivity index (χ2n) is 16.4. The highest BCUT2D eigenvalue weighted by molar-refractivity contribution is 6.16. The lowest BCUT2D eigenvalue weighted by molar-refractivity contribution is 0.768. The number of nitrogens with zero attached hydrogens (tertiary/aromatic N) is 2. The second-order valence-corrected chi connectivity index (χ2v) is 16.4. The van der Waals surface area contributed by atoms with Crippen molar-refractivity contribution in [2.45, 2.75) is 5.41 Å². The van der Waals surface area contributed by atoms with Crippen molar-refractivity contribution in [3.05, 3.63) is 277 Å². The van der Waals surface area contributed by atoms with Crippen molar-refractivity contribution in [1.29, 1.82) is 0 Å². The number of aromatic nitrogens is 1. The normalized spacial score (nSPS) is 12.6. The molecule has 0 bridgehead atoms. The van der Waals surface area contributed by atoms with Gasteiger partial charge in [0.15, 0.2) is 0 Å². The first kappa shape index (κ1) is 36.6. The van der Waals surface area contributed by atoms with Crippen LogP contribution in [-0.4, -0.2) is 4.57 Å². The Morgan fingerprint density at radius 3 is 1.51 bits per heavy atom. The third-order valence-corrected chi connectivity index (χ3v) is 13.1. The largest absolute Gasteiger partial charge is 0.310 e. The molecule has 0 saturated heterocycles. The number of hydrogen-bond donors (Lipinski definition) is 0. The standard InChI is InChI=1S/C61H42N2/c1-5-19-43(20-6-1)44-35-37-49(38-36-44)62(50-28-17-25-47(41-50)61(46-23-9-3-10-24-46)56-32-15-13-29-53(56)54-30-14-16-33-57(54)61)51-39-40-58-55(42-51)60-52(45-21-7-2-8-22-45)31-18-34-59(60)63(58)48-26-11-4-12-27-48/h1-42H. The van der Waals surface area contributed by atoms with Gasteiger partial charge in [-0.05, 0) is 116 Å². The minimum Gasteiger partial charge on any atom is -0.310 e. The van der Waals surface area contributed by atoms with Gasteiger partial charge in [-0.15, -0.1) is 0 Å². The molecule has 0 amide bonds. The van der Waals surface area contributed by atoms with Crippen molar-refractivity contribution < 1.29 is 0 Å². The molecule has 0 radical (unpaired) electrons. The summed E-state index contributed by atoms with van der Waals surface area (Å²) in [4.78, 5) is 2.44. The molecular formula is C61H42N2. The third-order valence-electron chi connectivity index (χ3n) is 13.1. The van der Waals surface area contributed by atoms with Crippen molar-refractivity contribution in [3.8, 4) is 39.1 Å². The Bertz CT molecular complexity index is 3380. The fourth-order valence-corrected chi connectivity index (χ4v) is 10.4. The molecule has 2 nitrogen and oxygen atoms in total. The molecule has 2 heteroatoms. The summed E-state index contributed by atoms with van der Waals surface area (Å²) in [5.41, 5.74) is 18.7. The quantitative estimate of drug-likeness (QED) is 0.149.